The van der Waals surface area contributed by atoms with Crippen LogP contribution >= 0.6 is 0 Å². The van der Waals surface area contributed by atoms with E-state index in [4.69, 9.17) is 13.9 Å². The zero-order chi connectivity index (χ0) is 14.6. The van der Waals surface area contributed by atoms with E-state index in [9.17, 15) is 0 Å². The summed E-state index contributed by atoms with van der Waals surface area (Å²) in [7, 11) is 1.58. The first-order valence-corrected chi connectivity index (χ1v) is 6.52. The molecule has 5 heteroatoms. The summed E-state index contributed by atoms with van der Waals surface area (Å²) in [6.45, 7) is 7.07. The van der Waals surface area contributed by atoms with Crippen molar-refractivity contribution < 1.29 is 13.9 Å². The lowest BCUT2D eigenvalue weighted by molar-refractivity contribution is 0.154. The molecule has 0 spiro atoms. The van der Waals surface area contributed by atoms with Gasteiger partial charge in [-0.3, -0.25) is 0 Å². The van der Waals surface area contributed by atoms with Crippen LogP contribution in [-0.2, 0) is 23.4 Å². The summed E-state index contributed by atoms with van der Waals surface area (Å²) in [5.74, 6) is 1.69. The van der Waals surface area contributed by atoms with Gasteiger partial charge in [-0.2, -0.15) is 0 Å². The van der Waals surface area contributed by atoms with Crippen LogP contribution in [0.15, 0.2) is 28.7 Å². The number of nitrogens with zero attached hydrogens (tertiary/aromatic N) is 2. The van der Waals surface area contributed by atoms with Crippen molar-refractivity contribution in [2.24, 2.45) is 0 Å². The largest absolute Gasteiger partial charge is 0.484 e. The molecule has 0 fully saturated rings. The summed E-state index contributed by atoms with van der Waals surface area (Å²) in [6, 6.07) is 8.03. The van der Waals surface area contributed by atoms with Crippen LogP contribution in [0.3, 0.4) is 0 Å². The molecule has 0 N–H and O–H groups in total. The van der Waals surface area contributed by atoms with Gasteiger partial charge in [-0.15, -0.1) is 10.2 Å². The van der Waals surface area contributed by atoms with Crippen LogP contribution in [0.4, 0.5) is 0 Å². The van der Waals surface area contributed by atoms with E-state index in [2.05, 4.69) is 37.0 Å². The van der Waals surface area contributed by atoms with Crippen molar-refractivity contribution in [2.45, 2.75) is 39.4 Å². The second-order valence-electron chi connectivity index (χ2n) is 5.59. The molecule has 0 aliphatic carbocycles. The molecule has 5 nitrogen and oxygen atoms in total. The normalized spacial score (nSPS) is 11.6. The third-order valence-electron chi connectivity index (χ3n) is 2.84. The van der Waals surface area contributed by atoms with Gasteiger partial charge in [-0.1, -0.05) is 32.9 Å². The molecule has 1 aromatic heterocycles. The van der Waals surface area contributed by atoms with E-state index in [-0.39, 0.29) is 12.0 Å². The average Bonchev–Trinajstić information content (AvgIpc) is 2.84. The van der Waals surface area contributed by atoms with Gasteiger partial charge in [0.15, 0.2) is 6.61 Å². The van der Waals surface area contributed by atoms with Gasteiger partial charge in [0, 0.05) is 7.11 Å². The lowest BCUT2D eigenvalue weighted by Gasteiger charge is -2.19. The van der Waals surface area contributed by atoms with Crippen molar-refractivity contribution in [3.8, 4) is 5.75 Å². The van der Waals surface area contributed by atoms with Crippen LogP contribution in [0.25, 0.3) is 0 Å². The molecule has 2 rings (SSSR count). The Hall–Kier alpha value is -1.88. The highest BCUT2D eigenvalue weighted by molar-refractivity contribution is 5.32. The molecular formula is C15H20N2O3. The Balaban J connectivity index is 1.99. The fourth-order valence-electron chi connectivity index (χ4n) is 1.73. The number of rotatable bonds is 5. The summed E-state index contributed by atoms with van der Waals surface area (Å²) in [5.41, 5.74) is 1.32. The van der Waals surface area contributed by atoms with Gasteiger partial charge in [-0.05, 0) is 23.1 Å². The van der Waals surface area contributed by atoms with Crippen molar-refractivity contribution in [1.82, 2.24) is 10.2 Å². The smallest absolute Gasteiger partial charge is 0.253 e. The molecule has 0 atom stereocenters. The van der Waals surface area contributed by atoms with Gasteiger partial charge in [0.25, 0.3) is 5.89 Å². The third kappa shape index (κ3) is 3.81. The summed E-state index contributed by atoms with van der Waals surface area (Å²) >= 11 is 0. The summed E-state index contributed by atoms with van der Waals surface area (Å²) in [6.07, 6.45) is 0. The van der Waals surface area contributed by atoms with E-state index in [0.29, 0.717) is 18.4 Å². The molecule has 0 saturated heterocycles. The predicted octanol–water partition coefficient (Wildman–Crippen LogP) is 3.09. The Kier molecular flexibility index (Phi) is 4.39. The van der Waals surface area contributed by atoms with Crippen molar-refractivity contribution >= 4 is 0 Å². The lowest BCUT2D eigenvalue weighted by Crippen LogP contribution is -2.11. The van der Waals surface area contributed by atoms with Gasteiger partial charge in [0.2, 0.25) is 5.89 Å². The molecule has 0 aliphatic heterocycles. The molecular weight excluding hydrogens is 256 g/mol. The molecule has 108 valence electrons. The number of methoxy groups -OCH3 is 1. The fraction of sp³-hybridized carbons (Fsp3) is 0.467. The maximum Gasteiger partial charge on any atom is 0.253 e. The highest BCUT2D eigenvalue weighted by Crippen LogP contribution is 2.25. The Morgan fingerprint density at radius 2 is 1.80 bits per heavy atom. The first-order chi connectivity index (χ1) is 9.49. The minimum absolute atomic E-state index is 0.0927. The molecule has 0 saturated carbocycles. The summed E-state index contributed by atoms with van der Waals surface area (Å²) < 4.78 is 16.0. The van der Waals surface area contributed by atoms with Gasteiger partial charge < -0.3 is 13.9 Å². The Bertz CT molecular complexity index is 558. The molecule has 0 bridgehead atoms. The zero-order valence-corrected chi connectivity index (χ0v) is 12.3. The molecule has 0 radical (unpaired) electrons. The minimum Gasteiger partial charge on any atom is -0.484 e. The Labute approximate surface area is 118 Å². The number of benzene rings is 1. The van der Waals surface area contributed by atoms with Crippen LogP contribution in [0.2, 0.25) is 0 Å². The Morgan fingerprint density at radius 3 is 2.45 bits per heavy atom. The van der Waals surface area contributed by atoms with Crippen molar-refractivity contribution in [3.05, 3.63) is 41.6 Å². The monoisotopic (exact) mass is 276 g/mol. The van der Waals surface area contributed by atoms with Gasteiger partial charge >= 0.3 is 0 Å². The molecule has 20 heavy (non-hydrogen) atoms. The zero-order valence-electron chi connectivity index (χ0n) is 12.3. The van der Waals surface area contributed by atoms with Gasteiger partial charge in [-0.25, -0.2) is 0 Å². The topological polar surface area (TPSA) is 57.4 Å². The molecule has 0 aliphatic rings. The van der Waals surface area contributed by atoms with E-state index >= 15 is 0 Å². The van der Waals surface area contributed by atoms with Crippen LogP contribution in [0.1, 0.15) is 38.1 Å². The molecule has 0 amide bonds. The average molecular weight is 276 g/mol. The lowest BCUT2D eigenvalue weighted by atomic mass is 9.87. The first-order valence-electron chi connectivity index (χ1n) is 6.52. The maximum atomic E-state index is 5.68. The number of ether oxygens (including phenoxy) is 2. The molecule has 0 unspecified atom stereocenters. The van der Waals surface area contributed by atoms with Crippen LogP contribution in [0.5, 0.6) is 5.75 Å². The fourth-order valence-corrected chi connectivity index (χ4v) is 1.73. The van der Waals surface area contributed by atoms with E-state index in [1.165, 1.54) is 5.56 Å². The molecule has 2 aromatic rings. The van der Waals surface area contributed by atoms with Crippen LogP contribution in [-0.4, -0.2) is 17.3 Å². The van der Waals surface area contributed by atoms with E-state index in [0.717, 1.165) is 5.75 Å². The number of hydrogen-bond donors (Lipinski definition) is 0. The molecule has 1 aromatic carbocycles. The van der Waals surface area contributed by atoms with Crippen LogP contribution < -0.4 is 4.74 Å². The van der Waals surface area contributed by atoms with Crippen molar-refractivity contribution in [1.29, 1.82) is 0 Å². The molecule has 1 heterocycles. The standard InChI is InChI=1S/C15H20N2O3/c1-15(2,3)11-6-5-7-12(8-11)19-10-14-17-16-13(20-14)9-18-4/h5-8H,9-10H2,1-4H3. The quantitative estimate of drug-likeness (QED) is 0.840. The first kappa shape index (κ1) is 14.5. The second kappa shape index (κ2) is 6.05. The predicted molar refractivity (Wildman–Crippen MR) is 74.5 cm³/mol. The summed E-state index contributed by atoms with van der Waals surface area (Å²) in [5, 5.41) is 7.75. The summed E-state index contributed by atoms with van der Waals surface area (Å²) in [4.78, 5) is 0. The van der Waals surface area contributed by atoms with Crippen molar-refractivity contribution in [3.63, 3.8) is 0 Å². The van der Waals surface area contributed by atoms with E-state index in [1.807, 2.05) is 18.2 Å². The second-order valence-corrected chi connectivity index (χ2v) is 5.59. The minimum atomic E-state index is 0.0927. The van der Waals surface area contributed by atoms with Crippen molar-refractivity contribution in [2.75, 3.05) is 7.11 Å². The Morgan fingerprint density at radius 1 is 1.10 bits per heavy atom. The number of hydrogen-bond acceptors (Lipinski definition) is 5. The highest BCUT2D eigenvalue weighted by Gasteiger charge is 2.14. The maximum absolute atomic E-state index is 5.68. The number of aromatic nitrogens is 2. The SMILES string of the molecule is COCc1nnc(COc2cccc(C(C)(C)C)c2)o1. The van der Waals surface area contributed by atoms with Gasteiger partial charge in [0.1, 0.15) is 12.4 Å². The van der Waals surface area contributed by atoms with Gasteiger partial charge in [0.05, 0.1) is 0 Å². The van der Waals surface area contributed by atoms with E-state index in [1.54, 1.807) is 7.11 Å². The van der Waals surface area contributed by atoms with E-state index < -0.39 is 0 Å². The highest BCUT2D eigenvalue weighted by atomic mass is 16.5. The van der Waals surface area contributed by atoms with Crippen LogP contribution in [0, 0.1) is 0 Å². The third-order valence-corrected chi connectivity index (χ3v) is 2.84.